The Morgan fingerprint density at radius 1 is 1.00 bits per heavy atom. The van der Waals surface area contributed by atoms with Gasteiger partial charge in [0.1, 0.15) is 32.7 Å². The van der Waals surface area contributed by atoms with Crippen LogP contribution in [-0.4, -0.2) is 32.7 Å². The summed E-state index contributed by atoms with van der Waals surface area (Å²) >= 11 is 0. The molecule has 21 heavy (non-hydrogen) atoms. The average molecular weight is 286 g/mol. The molecule has 0 bridgehead atoms. The highest BCUT2D eigenvalue weighted by molar-refractivity contribution is 5.24. The highest BCUT2D eigenvalue weighted by Gasteiger charge is 2.25. The summed E-state index contributed by atoms with van der Waals surface area (Å²) in [5.74, 6) is 0.947. The Morgan fingerprint density at radius 3 is 2.48 bits per heavy atom. The van der Waals surface area contributed by atoms with Crippen LogP contribution in [0.15, 0.2) is 36.4 Å². The van der Waals surface area contributed by atoms with Crippen LogP contribution in [0.4, 0.5) is 0 Å². The minimum atomic E-state index is 0.947. The Bertz CT molecular complexity index is 472. The van der Waals surface area contributed by atoms with E-state index in [1.54, 1.807) is 4.90 Å². The van der Waals surface area contributed by atoms with Gasteiger partial charge in [0.2, 0.25) is 0 Å². The Hall–Kier alpha value is -1.12. The van der Waals surface area contributed by atoms with Crippen molar-refractivity contribution in [3.8, 4) is 0 Å². The molecule has 0 aromatic heterocycles. The number of piperazine rings is 1. The summed E-state index contributed by atoms with van der Waals surface area (Å²) in [7, 11) is 0. The zero-order valence-electron chi connectivity index (χ0n) is 13.4. The molecule has 1 aromatic carbocycles. The first-order chi connectivity index (χ1) is 10.3. The topological polar surface area (TPSA) is 8.88 Å². The van der Waals surface area contributed by atoms with Crippen LogP contribution in [0.3, 0.4) is 0 Å². The second kappa shape index (κ2) is 7.24. The van der Waals surface area contributed by atoms with Crippen molar-refractivity contribution in [1.82, 2.24) is 0 Å². The quantitative estimate of drug-likeness (QED) is 0.752. The van der Waals surface area contributed by atoms with Gasteiger partial charge in [-0.05, 0) is 31.7 Å². The van der Waals surface area contributed by atoms with Crippen molar-refractivity contribution in [2.75, 3.05) is 32.7 Å². The first-order valence-electron chi connectivity index (χ1n) is 8.68. The molecule has 2 N–H and O–H groups in total. The molecular weight excluding hydrogens is 256 g/mol. The van der Waals surface area contributed by atoms with Gasteiger partial charge in [0.25, 0.3) is 0 Å². The minimum absolute atomic E-state index is 0.947. The summed E-state index contributed by atoms with van der Waals surface area (Å²) in [6.45, 7) is 10.3. The van der Waals surface area contributed by atoms with E-state index in [4.69, 9.17) is 0 Å². The van der Waals surface area contributed by atoms with E-state index in [0.717, 1.165) is 5.92 Å². The molecule has 0 amide bonds. The van der Waals surface area contributed by atoms with Crippen LogP contribution in [0.1, 0.15) is 30.4 Å². The lowest BCUT2D eigenvalue weighted by Gasteiger charge is -2.32. The maximum Gasteiger partial charge on any atom is 0.127 e. The van der Waals surface area contributed by atoms with E-state index in [1.165, 1.54) is 69.7 Å². The van der Waals surface area contributed by atoms with Gasteiger partial charge in [-0.2, -0.15) is 0 Å². The van der Waals surface area contributed by atoms with Gasteiger partial charge in [0, 0.05) is 11.5 Å². The third-order valence-corrected chi connectivity index (χ3v) is 5.32. The number of quaternary nitrogens is 2. The fourth-order valence-electron chi connectivity index (χ4n) is 3.87. The lowest BCUT2D eigenvalue weighted by Crippen LogP contribution is -3.27. The average Bonchev–Trinajstić information content (AvgIpc) is 2.52. The molecule has 1 aliphatic carbocycles. The van der Waals surface area contributed by atoms with Gasteiger partial charge in [-0.25, -0.2) is 0 Å². The van der Waals surface area contributed by atoms with Gasteiger partial charge in [0.15, 0.2) is 0 Å². The van der Waals surface area contributed by atoms with Gasteiger partial charge in [-0.1, -0.05) is 36.4 Å². The molecule has 1 heterocycles. The molecule has 2 heteroatoms. The van der Waals surface area contributed by atoms with Gasteiger partial charge < -0.3 is 9.80 Å². The molecule has 1 aromatic rings. The number of hydrogen-bond donors (Lipinski definition) is 2. The van der Waals surface area contributed by atoms with Crippen LogP contribution in [0.2, 0.25) is 0 Å². The van der Waals surface area contributed by atoms with Crippen LogP contribution < -0.4 is 9.80 Å². The summed E-state index contributed by atoms with van der Waals surface area (Å²) in [6, 6.07) is 8.87. The summed E-state index contributed by atoms with van der Waals surface area (Å²) in [4.78, 5) is 3.63. The van der Waals surface area contributed by atoms with Crippen molar-refractivity contribution < 1.29 is 9.80 Å². The van der Waals surface area contributed by atoms with Crippen molar-refractivity contribution in [3.63, 3.8) is 0 Å². The number of nitrogens with one attached hydrogen (secondary N) is 2. The molecule has 1 atom stereocenters. The maximum atomic E-state index is 2.40. The summed E-state index contributed by atoms with van der Waals surface area (Å²) in [6.07, 6.45) is 8.80. The van der Waals surface area contributed by atoms with E-state index in [9.17, 15) is 0 Å². The Morgan fingerprint density at radius 2 is 1.76 bits per heavy atom. The van der Waals surface area contributed by atoms with Crippen molar-refractivity contribution in [2.24, 2.45) is 5.92 Å². The van der Waals surface area contributed by atoms with Crippen LogP contribution >= 0.6 is 0 Å². The van der Waals surface area contributed by atoms with E-state index in [1.807, 2.05) is 4.90 Å². The maximum absolute atomic E-state index is 2.40. The van der Waals surface area contributed by atoms with Gasteiger partial charge in [-0.3, -0.25) is 0 Å². The first kappa shape index (κ1) is 14.8. The van der Waals surface area contributed by atoms with Crippen molar-refractivity contribution in [2.45, 2.75) is 32.7 Å². The largest absolute Gasteiger partial charge is 0.325 e. The molecule has 2 nitrogen and oxygen atoms in total. The number of hydrogen-bond acceptors (Lipinski definition) is 0. The Balaban J connectivity index is 1.44. The fourth-order valence-corrected chi connectivity index (χ4v) is 3.87. The SMILES string of the molecule is Cc1ccccc1C[NH+]1CC[NH+](C[C@@H]2CC=CCC2)CC1. The normalized spacial score (nSPS) is 29.5. The molecule has 0 saturated carbocycles. The number of allylic oxidation sites excluding steroid dienone is 2. The second-order valence-electron chi connectivity index (χ2n) is 6.96. The van der Waals surface area contributed by atoms with Crippen LogP contribution in [0, 0.1) is 12.8 Å². The summed E-state index contributed by atoms with van der Waals surface area (Å²) in [5, 5.41) is 0. The summed E-state index contributed by atoms with van der Waals surface area (Å²) in [5.41, 5.74) is 2.99. The van der Waals surface area contributed by atoms with E-state index in [0.29, 0.717) is 0 Å². The minimum Gasteiger partial charge on any atom is -0.325 e. The predicted octanol–water partition coefficient (Wildman–Crippen LogP) is 0.635. The molecule has 0 spiro atoms. The smallest absolute Gasteiger partial charge is 0.127 e. The standard InChI is InChI=1S/C19H28N2/c1-17-7-5-6-10-19(17)16-21-13-11-20(12-14-21)15-18-8-3-2-4-9-18/h2-3,5-7,10,18H,4,8-9,11-16H2,1H3/p+2/t18-/m1/s1. The monoisotopic (exact) mass is 286 g/mol. The van der Waals surface area contributed by atoms with E-state index in [2.05, 4.69) is 43.3 Å². The number of rotatable bonds is 4. The van der Waals surface area contributed by atoms with Crippen molar-refractivity contribution in [1.29, 1.82) is 0 Å². The Labute approximate surface area is 129 Å². The molecule has 0 radical (unpaired) electrons. The molecule has 0 unspecified atom stereocenters. The molecule has 1 aliphatic heterocycles. The first-order valence-corrected chi connectivity index (χ1v) is 8.68. The molecule has 2 aliphatic rings. The highest BCUT2D eigenvalue weighted by Crippen LogP contribution is 2.15. The number of aryl methyl sites for hydroxylation is 1. The summed E-state index contributed by atoms with van der Waals surface area (Å²) < 4.78 is 0. The van der Waals surface area contributed by atoms with Crippen LogP contribution in [0.5, 0.6) is 0 Å². The molecule has 1 saturated heterocycles. The third kappa shape index (κ3) is 4.18. The third-order valence-electron chi connectivity index (χ3n) is 5.32. The second-order valence-corrected chi connectivity index (χ2v) is 6.96. The van der Waals surface area contributed by atoms with Crippen molar-refractivity contribution >= 4 is 0 Å². The molecule has 3 rings (SSSR count). The van der Waals surface area contributed by atoms with Gasteiger partial charge in [-0.15, -0.1) is 0 Å². The molecule has 1 fully saturated rings. The lowest BCUT2D eigenvalue weighted by molar-refractivity contribution is -1.02. The van der Waals surface area contributed by atoms with Crippen molar-refractivity contribution in [3.05, 3.63) is 47.5 Å². The van der Waals surface area contributed by atoms with Crippen LogP contribution in [0.25, 0.3) is 0 Å². The zero-order chi connectivity index (χ0) is 14.5. The number of benzene rings is 1. The zero-order valence-corrected chi connectivity index (χ0v) is 13.4. The molecule has 114 valence electrons. The van der Waals surface area contributed by atoms with Gasteiger partial charge in [0.05, 0.1) is 6.54 Å². The van der Waals surface area contributed by atoms with Gasteiger partial charge >= 0.3 is 0 Å². The predicted molar refractivity (Wildman–Crippen MR) is 87.6 cm³/mol. The fraction of sp³-hybridized carbons (Fsp3) is 0.579. The van der Waals surface area contributed by atoms with Crippen LogP contribution in [-0.2, 0) is 6.54 Å². The van der Waals surface area contributed by atoms with E-state index in [-0.39, 0.29) is 0 Å². The lowest BCUT2D eigenvalue weighted by atomic mass is 9.94. The Kier molecular flexibility index (Phi) is 5.10. The van der Waals surface area contributed by atoms with E-state index >= 15 is 0 Å². The highest BCUT2D eigenvalue weighted by atomic mass is 15.3. The molecular formula is C19H30N2+2. The van der Waals surface area contributed by atoms with E-state index < -0.39 is 0 Å².